The van der Waals surface area contributed by atoms with Gasteiger partial charge in [-0.3, -0.25) is 4.79 Å². The number of carbonyl (C=O) groups is 1. The van der Waals surface area contributed by atoms with Crippen molar-refractivity contribution in [1.29, 1.82) is 0 Å². The predicted molar refractivity (Wildman–Crippen MR) is 109 cm³/mol. The number of nitrogens with zero attached hydrogens (tertiary/aromatic N) is 3. The smallest absolute Gasteiger partial charge is 0.254 e. The summed E-state index contributed by atoms with van der Waals surface area (Å²) < 4.78 is 40.1. The quantitative estimate of drug-likeness (QED) is 0.767. The number of hydrogen-bond donors (Lipinski definition) is 0. The van der Waals surface area contributed by atoms with E-state index in [9.17, 15) is 17.6 Å². The zero-order chi connectivity index (χ0) is 20.4. The fraction of sp³-hybridized carbons (Fsp3) is 0.381. The number of amides is 1. The highest BCUT2D eigenvalue weighted by Crippen LogP contribution is 2.23. The standard InChI is InChI=1S/C21H24FN3O3S/c22-18-6-8-19(9-7-18)23-12-14-24(15-13-23)21(26)17-4-3-5-20(16-17)29(27,28)25-10-1-2-11-25/h3-9,16H,1-2,10-15H2. The maximum Gasteiger partial charge on any atom is 0.254 e. The molecular formula is C21H24FN3O3S. The van der Waals surface area contributed by atoms with Crippen LogP contribution in [0, 0.1) is 5.82 Å². The van der Waals surface area contributed by atoms with E-state index in [1.807, 2.05) is 0 Å². The van der Waals surface area contributed by atoms with Crippen LogP contribution in [-0.4, -0.2) is 62.8 Å². The van der Waals surface area contributed by atoms with Crippen molar-refractivity contribution in [3.8, 4) is 0 Å². The Bertz CT molecular complexity index is 980. The monoisotopic (exact) mass is 417 g/mol. The zero-order valence-electron chi connectivity index (χ0n) is 16.1. The van der Waals surface area contributed by atoms with E-state index < -0.39 is 10.0 Å². The minimum atomic E-state index is -3.55. The molecule has 0 radical (unpaired) electrons. The maximum atomic E-state index is 13.1. The Morgan fingerprint density at radius 2 is 1.52 bits per heavy atom. The Kier molecular flexibility index (Phi) is 5.56. The Labute approximate surface area is 170 Å². The highest BCUT2D eigenvalue weighted by molar-refractivity contribution is 7.89. The summed E-state index contributed by atoms with van der Waals surface area (Å²) in [5.74, 6) is -0.437. The van der Waals surface area contributed by atoms with Gasteiger partial charge in [-0.05, 0) is 55.3 Å². The van der Waals surface area contributed by atoms with E-state index in [4.69, 9.17) is 0 Å². The van der Waals surface area contributed by atoms with Crippen molar-refractivity contribution in [2.24, 2.45) is 0 Å². The summed E-state index contributed by atoms with van der Waals surface area (Å²) in [5, 5.41) is 0. The molecule has 6 nitrogen and oxygen atoms in total. The lowest BCUT2D eigenvalue weighted by molar-refractivity contribution is 0.0746. The zero-order valence-corrected chi connectivity index (χ0v) is 16.9. The molecule has 154 valence electrons. The van der Waals surface area contributed by atoms with Crippen molar-refractivity contribution in [2.75, 3.05) is 44.2 Å². The van der Waals surface area contributed by atoms with Crippen molar-refractivity contribution in [1.82, 2.24) is 9.21 Å². The van der Waals surface area contributed by atoms with E-state index in [1.54, 1.807) is 35.2 Å². The molecule has 29 heavy (non-hydrogen) atoms. The van der Waals surface area contributed by atoms with E-state index in [2.05, 4.69) is 4.90 Å². The topological polar surface area (TPSA) is 60.9 Å². The number of carbonyl (C=O) groups excluding carboxylic acids is 1. The van der Waals surface area contributed by atoms with Crippen LogP contribution in [0.3, 0.4) is 0 Å². The molecule has 0 aliphatic carbocycles. The van der Waals surface area contributed by atoms with E-state index in [0.717, 1.165) is 18.5 Å². The molecule has 0 bridgehead atoms. The fourth-order valence-corrected chi connectivity index (χ4v) is 5.43. The first-order valence-corrected chi connectivity index (χ1v) is 11.3. The molecule has 0 unspecified atom stereocenters. The molecule has 2 fully saturated rings. The molecule has 0 saturated carbocycles. The van der Waals surface area contributed by atoms with Crippen molar-refractivity contribution < 1.29 is 17.6 Å². The molecule has 4 rings (SSSR count). The van der Waals surface area contributed by atoms with Gasteiger partial charge in [0, 0.05) is 50.5 Å². The number of halogens is 1. The lowest BCUT2D eigenvalue weighted by Crippen LogP contribution is -2.48. The fourth-order valence-electron chi connectivity index (χ4n) is 3.87. The van der Waals surface area contributed by atoms with Crippen molar-refractivity contribution in [3.63, 3.8) is 0 Å². The minimum Gasteiger partial charge on any atom is -0.368 e. The number of hydrogen-bond acceptors (Lipinski definition) is 4. The van der Waals surface area contributed by atoms with Crippen LogP contribution in [0.25, 0.3) is 0 Å². The number of rotatable bonds is 4. The van der Waals surface area contributed by atoms with E-state index in [0.29, 0.717) is 44.8 Å². The number of piperazine rings is 1. The van der Waals surface area contributed by atoms with Crippen LogP contribution in [0.4, 0.5) is 10.1 Å². The van der Waals surface area contributed by atoms with Gasteiger partial charge in [0.2, 0.25) is 10.0 Å². The van der Waals surface area contributed by atoms with Gasteiger partial charge in [-0.1, -0.05) is 6.07 Å². The molecule has 0 N–H and O–H groups in total. The molecule has 2 aliphatic rings. The minimum absolute atomic E-state index is 0.165. The Hall–Kier alpha value is -2.45. The SMILES string of the molecule is O=C(c1cccc(S(=O)(=O)N2CCCC2)c1)N1CCN(c2ccc(F)cc2)CC1. The van der Waals surface area contributed by atoms with Crippen LogP contribution in [0.5, 0.6) is 0 Å². The molecule has 0 atom stereocenters. The maximum absolute atomic E-state index is 13.1. The summed E-state index contributed by atoms with van der Waals surface area (Å²) in [6.07, 6.45) is 1.74. The first-order chi connectivity index (χ1) is 13.9. The molecule has 0 spiro atoms. The predicted octanol–water partition coefficient (Wildman–Crippen LogP) is 2.57. The highest BCUT2D eigenvalue weighted by Gasteiger charge is 2.28. The van der Waals surface area contributed by atoms with Gasteiger partial charge < -0.3 is 9.80 Å². The molecule has 2 saturated heterocycles. The average Bonchev–Trinajstić information content (AvgIpc) is 3.30. The lowest BCUT2D eigenvalue weighted by Gasteiger charge is -2.36. The summed E-state index contributed by atoms with van der Waals surface area (Å²) >= 11 is 0. The Morgan fingerprint density at radius 1 is 0.862 bits per heavy atom. The molecule has 2 aromatic carbocycles. The molecule has 1 amide bonds. The first kappa shape index (κ1) is 19.8. The van der Waals surface area contributed by atoms with Crippen LogP contribution in [0.1, 0.15) is 23.2 Å². The molecule has 2 aromatic rings. The van der Waals surface area contributed by atoms with Crippen molar-refractivity contribution in [3.05, 3.63) is 59.9 Å². The van der Waals surface area contributed by atoms with Crippen LogP contribution in [0.2, 0.25) is 0 Å². The normalized spacial score (nSPS) is 18.2. The Morgan fingerprint density at radius 3 is 2.17 bits per heavy atom. The average molecular weight is 418 g/mol. The summed E-state index contributed by atoms with van der Waals surface area (Å²) in [7, 11) is -3.55. The number of benzene rings is 2. The van der Waals surface area contributed by atoms with Gasteiger partial charge in [0.25, 0.3) is 5.91 Å². The summed E-state index contributed by atoms with van der Waals surface area (Å²) in [4.78, 5) is 17.0. The third kappa shape index (κ3) is 4.13. The van der Waals surface area contributed by atoms with Gasteiger partial charge in [0.05, 0.1) is 4.90 Å². The lowest BCUT2D eigenvalue weighted by atomic mass is 10.1. The second-order valence-corrected chi connectivity index (χ2v) is 9.33. The van der Waals surface area contributed by atoms with Gasteiger partial charge in [0.1, 0.15) is 5.82 Å². The van der Waals surface area contributed by atoms with Crippen LogP contribution in [-0.2, 0) is 10.0 Å². The molecular weight excluding hydrogens is 393 g/mol. The van der Waals surface area contributed by atoms with Gasteiger partial charge in [-0.25, -0.2) is 12.8 Å². The summed E-state index contributed by atoms with van der Waals surface area (Å²) in [6, 6.07) is 12.7. The van der Waals surface area contributed by atoms with E-state index in [-0.39, 0.29) is 16.6 Å². The van der Waals surface area contributed by atoms with E-state index in [1.165, 1.54) is 22.5 Å². The van der Waals surface area contributed by atoms with Gasteiger partial charge >= 0.3 is 0 Å². The Balaban J connectivity index is 1.44. The highest BCUT2D eigenvalue weighted by atomic mass is 32.2. The molecule has 2 heterocycles. The van der Waals surface area contributed by atoms with Crippen molar-refractivity contribution >= 4 is 21.6 Å². The van der Waals surface area contributed by atoms with Crippen LogP contribution >= 0.6 is 0 Å². The number of sulfonamides is 1. The summed E-state index contributed by atoms with van der Waals surface area (Å²) in [5.41, 5.74) is 1.32. The molecule has 2 aliphatic heterocycles. The van der Waals surface area contributed by atoms with Gasteiger partial charge in [-0.15, -0.1) is 0 Å². The van der Waals surface area contributed by atoms with Gasteiger partial charge in [0.15, 0.2) is 0 Å². The third-order valence-electron chi connectivity index (χ3n) is 5.54. The third-order valence-corrected chi connectivity index (χ3v) is 7.44. The molecule has 8 heteroatoms. The van der Waals surface area contributed by atoms with E-state index >= 15 is 0 Å². The summed E-state index contributed by atoms with van der Waals surface area (Å²) in [6.45, 7) is 3.41. The second-order valence-electron chi connectivity index (χ2n) is 7.39. The largest absolute Gasteiger partial charge is 0.368 e. The number of anilines is 1. The molecule has 0 aromatic heterocycles. The van der Waals surface area contributed by atoms with Crippen LogP contribution < -0.4 is 4.90 Å². The van der Waals surface area contributed by atoms with Crippen molar-refractivity contribution in [2.45, 2.75) is 17.7 Å². The first-order valence-electron chi connectivity index (χ1n) is 9.85. The second kappa shape index (κ2) is 8.12. The van der Waals surface area contributed by atoms with Gasteiger partial charge in [-0.2, -0.15) is 4.31 Å². The van der Waals surface area contributed by atoms with Crippen LogP contribution in [0.15, 0.2) is 53.4 Å².